The molecule has 0 atom stereocenters. The van der Waals surface area contributed by atoms with Crippen LogP contribution in [-0.2, 0) is 0 Å². The van der Waals surface area contributed by atoms with Crippen molar-refractivity contribution in [1.82, 2.24) is 4.90 Å². The molecular formula is C15H21NO2S2. The molecule has 0 N–H and O–H groups in total. The molecule has 20 heavy (non-hydrogen) atoms. The van der Waals surface area contributed by atoms with Gasteiger partial charge in [0, 0.05) is 18.8 Å². The zero-order valence-corrected chi connectivity index (χ0v) is 13.5. The van der Waals surface area contributed by atoms with Crippen LogP contribution in [0.25, 0.3) is 0 Å². The van der Waals surface area contributed by atoms with Crippen molar-refractivity contribution in [2.24, 2.45) is 0 Å². The van der Waals surface area contributed by atoms with E-state index in [1.807, 2.05) is 24.3 Å². The summed E-state index contributed by atoms with van der Waals surface area (Å²) in [6.07, 6.45) is 3.56. The fraction of sp³-hybridized carbons (Fsp3) is 0.533. The molecule has 0 bridgehead atoms. The molecule has 1 heterocycles. The Kier molecular flexibility index (Phi) is 6.47. The van der Waals surface area contributed by atoms with E-state index in [0.717, 1.165) is 47.7 Å². The van der Waals surface area contributed by atoms with Crippen LogP contribution in [0.5, 0.6) is 11.5 Å². The van der Waals surface area contributed by atoms with Gasteiger partial charge in [0.2, 0.25) is 0 Å². The van der Waals surface area contributed by atoms with E-state index in [4.69, 9.17) is 21.7 Å². The van der Waals surface area contributed by atoms with Crippen LogP contribution < -0.4 is 9.47 Å². The van der Waals surface area contributed by atoms with E-state index in [2.05, 4.69) is 4.90 Å². The summed E-state index contributed by atoms with van der Waals surface area (Å²) < 4.78 is 11.8. The highest BCUT2D eigenvalue weighted by Crippen LogP contribution is 2.19. The lowest BCUT2D eigenvalue weighted by Crippen LogP contribution is -2.23. The first-order chi connectivity index (χ1) is 9.79. The normalized spacial score (nSPS) is 14.3. The number of thiocarbonyl (C=S) groups is 1. The van der Waals surface area contributed by atoms with Crippen LogP contribution in [0.3, 0.4) is 0 Å². The average molecular weight is 311 g/mol. The van der Waals surface area contributed by atoms with Crippen molar-refractivity contribution >= 4 is 28.3 Å². The third-order valence-corrected chi connectivity index (χ3v) is 4.82. The van der Waals surface area contributed by atoms with Crippen LogP contribution in [0, 0.1) is 0 Å². The Labute approximate surface area is 130 Å². The van der Waals surface area contributed by atoms with Gasteiger partial charge in [0.15, 0.2) is 0 Å². The number of benzene rings is 1. The summed E-state index contributed by atoms with van der Waals surface area (Å²) in [7, 11) is 1.66. The Morgan fingerprint density at radius 3 is 2.50 bits per heavy atom. The Bertz CT molecular complexity index is 416. The summed E-state index contributed by atoms with van der Waals surface area (Å²) in [5.74, 6) is 2.76. The summed E-state index contributed by atoms with van der Waals surface area (Å²) in [6.45, 7) is 2.99. The molecule has 1 aromatic carbocycles. The SMILES string of the molecule is COc1ccc(OCCCSC(=S)N2CCCC2)cc1. The Morgan fingerprint density at radius 1 is 1.20 bits per heavy atom. The first-order valence-electron chi connectivity index (χ1n) is 6.98. The quantitative estimate of drug-likeness (QED) is 0.590. The van der Waals surface area contributed by atoms with Gasteiger partial charge in [-0.1, -0.05) is 24.0 Å². The van der Waals surface area contributed by atoms with Gasteiger partial charge in [-0.3, -0.25) is 0 Å². The monoisotopic (exact) mass is 311 g/mol. The van der Waals surface area contributed by atoms with Crippen LogP contribution in [0.15, 0.2) is 24.3 Å². The van der Waals surface area contributed by atoms with E-state index >= 15 is 0 Å². The molecule has 3 nitrogen and oxygen atoms in total. The summed E-state index contributed by atoms with van der Waals surface area (Å²) in [5, 5.41) is 0. The number of ether oxygens (including phenoxy) is 2. The smallest absolute Gasteiger partial charge is 0.136 e. The zero-order chi connectivity index (χ0) is 14.2. The van der Waals surface area contributed by atoms with Crippen LogP contribution >= 0.6 is 24.0 Å². The van der Waals surface area contributed by atoms with E-state index < -0.39 is 0 Å². The Balaban J connectivity index is 1.57. The van der Waals surface area contributed by atoms with Crippen molar-refractivity contribution in [2.75, 3.05) is 32.6 Å². The fourth-order valence-electron chi connectivity index (χ4n) is 2.07. The van der Waals surface area contributed by atoms with Crippen LogP contribution in [0.4, 0.5) is 0 Å². The second-order valence-corrected chi connectivity index (χ2v) is 6.41. The predicted octanol–water partition coefficient (Wildman–Crippen LogP) is 3.58. The lowest BCUT2D eigenvalue weighted by Gasteiger charge is -2.17. The molecule has 1 aliphatic rings. The highest BCUT2D eigenvalue weighted by atomic mass is 32.2. The predicted molar refractivity (Wildman–Crippen MR) is 89.0 cm³/mol. The second kappa shape index (κ2) is 8.37. The highest BCUT2D eigenvalue weighted by molar-refractivity contribution is 8.22. The molecule has 1 aliphatic heterocycles. The fourth-order valence-corrected chi connectivity index (χ4v) is 3.31. The molecule has 0 radical (unpaired) electrons. The molecule has 0 unspecified atom stereocenters. The van der Waals surface area contributed by atoms with Crippen molar-refractivity contribution in [3.8, 4) is 11.5 Å². The Morgan fingerprint density at radius 2 is 1.85 bits per heavy atom. The number of hydrogen-bond donors (Lipinski definition) is 0. The highest BCUT2D eigenvalue weighted by Gasteiger charge is 2.14. The summed E-state index contributed by atoms with van der Waals surface area (Å²) in [6, 6.07) is 7.68. The average Bonchev–Trinajstić information content (AvgIpc) is 3.01. The number of rotatable bonds is 6. The molecule has 1 fully saturated rings. The standard InChI is InChI=1S/C15H21NO2S2/c1-17-13-5-7-14(8-6-13)18-11-4-12-20-15(19)16-9-2-3-10-16/h5-8H,2-4,9-12H2,1H3. The number of hydrogen-bond acceptors (Lipinski definition) is 4. The largest absolute Gasteiger partial charge is 0.497 e. The zero-order valence-electron chi connectivity index (χ0n) is 11.8. The van der Waals surface area contributed by atoms with Crippen molar-refractivity contribution in [2.45, 2.75) is 19.3 Å². The van der Waals surface area contributed by atoms with Crippen LogP contribution in [0.2, 0.25) is 0 Å². The number of methoxy groups -OCH3 is 1. The van der Waals surface area contributed by atoms with E-state index in [1.54, 1.807) is 18.9 Å². The minimum Gasteiger partial charge on any atom is -0.497 e. The number of likely N-dealkylation sites (tertiary alicyclic amines) is 1. The van der Waals surface area contributed by atoms with Gasteiger partial charge in [-0.15, -0.1) is 0 Å². The summed E-state index contributed by atoms with van der Waals surface area (Å²) >= 11 is 7.19. The molecule has 1 aromatic rings. The molecule has 5 heteroatoms. The second-order valence-electron chi connectivity index (χ2n) is 4.69. The van der Waals surface area contributed by atoms with Crippen molar-refractivity contribution in [3.63, 3.8) is 0 Å². The molecule has 2 rings (SSSR count). The molecular weight excluding hydrogens is 290 g/mol. The molecule has 0 aliphatic carbocycles. The van der Waals surface area contributed by atoms with Crippen LogP contribution in [-0.4, -0.2) is 41.8 Å². The molecule has 0 aromatic heterocycles. The topological polar surface area (TPSA) is 21.7 Å². The van der Waals surface area contributed by atoms with Crippen molar-refractivity contribution in [3.05, 3.63) is 24.3 Å². The van der Waals surface area contributed by atoms with E-state index in [-0.39, 0.29) is 0 Å². The maximum Gasteiger partial charge on any atom is 0.136 e. The van der Waals surface area contributed by atoms with Gasteiger partial charge >= 0.3 is 0 Å². The molecule has 0 amide bonds. The molecule has 0 spiro atoms. The third-order valence-electron chi connectivity index (χ3n) is 3.21. The summed E-state index contributed by atoms with van der Waals surface area (Å²) in [4.78, 5) is 2.31. The molecule has 1 saturated heterocycles. The van der Waals surface area contributed by atoms with E-state index in [9.17, 15) is 0 Å². The van der Waals surface area contributed by atoms with Gasteiger partial charge in [0.1, 0.15) is 15.8 Å². The Hall–Kier alpha value is -0.940. The summed E-state index contributed by atoms with van der Waals surface area (Å²) in [5.41, 5.74) is 0. The number of thioether (sulfide) groups is 1. The van der Waals surface area contributed by atoms with Gasteiger partial charge < -0.3 is 14.4 Å². The maximum atomic E-state index is 5.69. The van der Waals surface area contributed by atoms with Gasteiger partial charge in [-0.2, -0.15) is 0 Å². The minimum absolute atomic E-state index is 0.724. The first-order valence-corrected chi connectivity index (χ1v) is 8.37. The van der Waals surface area contributed by atoms with Gasteiger partial charge in [0.25, 0.3) is 0 Å². The lowest BCUT2D eigenvalue weighted by molar-refractivity contribution is 0.318. The van der Waals surface area contributed by atoms with Gasteiger partial charge in [-0.25, -0.2) is 0 Å². The maximum absolute atomic E-state index is 5.69. The first kappa shape index (κ1) is 15.4. The van der Waals surface area contributed by atoms with Crippen molar-refractivity contribution in [1.29, 1.82) is 0 Å². The lowest BCUT2D eigenvalue weighted by atomic mass is 10.3. The van der Waals surface area contributed by atoms with E-state index in [0.29, 0.717) is 0 Å². The van der Waals surface area contributed by atoms with Gasteiger partial charge in [0.05, 0.1) is 13.7 Å². The van der Waals surface area contributed by atoms with Crippen LogP contribution in [0.1, 0.15) is 19.3 Å². The van der Waals surface area contributed by atoms with Gasteiger partial charge in [-0.05, 0) is 43.5 Å². The molecule has 0 saturated carbocycles. The number of nitrogens with zero attached hydrogens (tertiary/aromatic N) is 1. The minimum atomic E-state index is 0.724. The third kappa shape index (κ3) is 4.87. The van der Waals surface area contributed by atoms with Crippen molar-refractivity contribution < 1.29 is 9.47 Å². The van der Waals surface area contributed by atoms with E-state index in [1.165, 1.54) is 12.8 Å². The molecule has 110 valence electrons.